The van der Waals surface area contributed by atoms with Gasteiger partial charge < -0.3 is 15.5 Å². The number of halogens is 1. The Morgan fingerprint density at radius 1 is 1.60 bits per heavy atom. The molecule has 1 atom stereocenters. The van der Waals surface area contributed by atoms with Crippen LogP contribution in [-0.2, 0) is 0 Å². The highest BCUT2D eigenvalue weighted by Gasteiger charge is 2.13. The molecule has 1 aromatic carbocycles. The molecule has 1 rings (SSSR count). The van der Waals surface area contributed by atoms with E-state index in [4.69, 9.17) is 10.2 Å². The van der Waals surface area contributed by atoms with Gasteiger partial charge in [0.1, 0.15) is 11.6 Å². The monoisotopic (exact) mass is 213 g/mol. The summed E-state index contributed by atoms with van der Waals surface area (Å²) in [4.78, 5) is 11.4. The summed E-state index contributed by atoms with van der Waals surface area (Å²) in [6.07, 6.45) is 0. The minimum absolute atomic E-state index is 0.159. The van der Waals surface area contributed by atoms with E-state index in [0.29, 0.717) is 0 Å². The summed E-state index contributed by atoms with van der Waals surface area (Å²) >= 11 is 0. The molecular weight excluding hydrogens is 201 g/mol. The van der Waals surface area contributed by atoms with Gasteiger partial charge in [-0.2, -0.15) is 0 Å². The van der Waals surface area contributed by atoms with E-state index in [1.807, 2.05) is 0 Å². The summed E-state index contributed by atoms with van der Waals surface area (Å²) in [5.41, 5.74) is -0.159. The van der Waals surface area contributed by atoms with Gasteiger partial charge in [-0.1, -0.05) is 0 Å². The Bertz CT molecular complexity index is 368. The third kappa shape index (κ3) is 2.92. The minimum atomic E-state index is -0.794. The zero-order valence-electron chi connectivity index (χ0n) is 8.20. The molecule has 0 bridgehead atoms. The van der Waals surface area contributed by atoms with Gasteiger partial charge in [-0.3, -0.25) is 4.79 Å². The fourth-order valence-electron chi connectivity index (χ4n) is 1.04. The first-order chi connectivity index (χ1) is 7.04. The number of aliphatic hydroxyl groups is 1. The van der Waals surface area contributed by atoms with Gasteiger partial charge in [-0.25, -0.2) is 4.39 Å². The van der Waals surface area contributed by atoms with Crippen LogP contribution in [0.25, 0.3) is 0 Å². The fourth-order valence-corrected chi connectivity index (χ4v) is 1.04. The molecule has 0 aliphatic rings. The maximum Gasteiger partial charge on any atom is 0.254 e. The highest BCUT2D eigenvalue weighted by molar-refractivity contribution is 5.94. The zero-order valence-corrected chi connectivity index (χ0v) is 8.20. The Morgan fingerprint density at radius 3 is 2.80 bits per heavy atom. The third-order valence-electron chi connectivity index (χ3n) is 1.85. The first-order valence-electron chi connectivity index (χ1n) is 4.45. The molecule has 0 aromatic heterocycles. The van der Waals surface area contributed by atoms with Crippen LogP contribution in [0.1, 0.15) is 17.3 Å². The van der Waals surface area contributed by atoms with Crippen LogP contribution in [-0.4, -0.2) is 28.8 Å². The van der Waals surface area contributed by atoms with Crippen LogP contribution in [0.15, 0.2) is 18.2 Å². The third-order valence-corrected chi connectivity index (χ3v) is 1.85. The molecular formula is C10H12FNO3. The van der Waals surface area contributed by atoms with E-state index >= 15 is 0 Å². The van der Waals surface area contributed by atoms with E-state index in [1.165, 1.54) is 12.1 Å². The summed E-state index contributed by atoms with van der Waals surface area (Å²) < 4.78 is 13.2. The van der Waals surface area contributed by atoms with Crippen LogP contribution < -0.4 is 5.32 Å². The van der Waals surface area contributed by atoms with Gasteiger partial charge in [-0.15, -0.1) is 0 Å². The Balaban J connectivity index is 2.82. The van der Waals surface area contributed by atoms with E-state index < -0.39 is 17.8 Å². The Hall–Kier alpha value is -1.62. The number of carbonyl (C=O) groups is 1. The van der Waals surface area contributed by atoms with Gasteiger partial charge in [0.05, 0.1) is 12.2 Å². The Kier molecular flexibility index (Phi) is 3.62. The predicted octanol–water partition coefficient (Wildman–Crippen LogP) is 0.642. The van der Waals surface area contributed by atoms with Gasteiger partial charge in [0.2, 0.25) is 0 Å². The number of phenolic OH excluding ortho intramolecular Hbond substituents is 1. The Labute approximate surface area is 86.4 Å². The number of rotatable bonds is 3. The van der Waals surface area contributed by atoms with Crippen LogP contribution in [0, 0.1) is 5.82 Å². The normalized spacial score (nSPS) is 12.2. The molecule has 82 valence electrons. The van der Waals surface area contributed by atoms with Crippen molar-refractivity contribution in [3.63, 3.8) is 0 Å². The smallest absolute Gasteiger partial charge is 0.254 e. The lowest BCUT2D eigenvalue weighted by Crippen LogP contribution is -2.35. The highest BCUT2D eigenvalue weighted by Crippen LogP contribution is 2.14. The molecule has 0 saturated heterocycles. The predicted molar refractivity (Wildman–Crippen MR) is 52.1 cm³/mol. The number of aromatic hydroxyl groups is 1. The molecule has 0 heterocycles. The minimum Gasteiger partial charge on any atom is -0.508 e. The van der Waals surface area contributed by atoms with E-state index in [2.05, 4.69) is 5.32 Å². The van der Waals surface area contributed by atoms with Gasteiger partial charge in [0, 0.05) is 12.1 Å². The van der Waals surface area contributed by atoms with Gasteiger partial charge in [0.25, 0.3) is 5.91 Å². The van der Waals surface area contributed by atoms with Gasteiger partial charge in [-0.05, 0) is 19.1 Å². The second-order valence-corrected chi connectivity index (χ2v) is 3.22. The number of amides is 1. The lowest BCUT2D eigenvalue weighted by Gasteiger charge is -2.11. The van der Waals surface area contributed by atoms with Crippen molar-refractivity contribution in [2.45, 2.75) is 13.0 Å². The van der Waals surface area contributed by atoms with E-state index in [9.17, 15) is 9.18 Å². The van der Waals surface area contributed by atoms with E-state index in [0.717, 1.165) is 6.07 Å². The molecule has 0 saturated carbocycles. The van der Waals surface area contributed by atoms with Gasteiger partial charge in [0.15, 0.2) is 0 Å². The summed E-state index contributed by atoms with van der Waals surface area (Å²) in [6, 6.07) is 2.83. The fraction of sp³-hybridized carbons (Fsp3) is 0.300. The molecule has 0 aliphatic heterocycles. The van der Waals surface area contributed by atoms with Crippen molar-refractivity contribution < 1.29 is 19.4 Å². The first kappa shape index (κ1) is 11.5. The number of hydrogen-bond acceptors (Lipinski definition) is 3. The van der Waals surface area contributed by atoms with Crippen molar-refractivity contribution in [2.75, 3.05) is 6.61 Å². The number of benzene rings is 1. The highest BCUT2D eigenvalue weighted by atomic mass is 19.1. The Morgan fingerprint density at radius 2 is 2.27 bits per heavy atom. The standard InChI is InChI=1S/C10H12FNO3/c1-6(5-13)12-10(15)8-3-2-7(14)4-9(8)11/h2-4,6,13-14H,5H2,1H3,(H,12,15)/t6-/m1/s1. The quantitative estimate of drug-likeness (QED) is 0.690. The number of nitrogens with one attached hydrogen (secondary N) is 1. The molecule has 1 amide bonds. The van der Waals surface area contributed by atoms with Gasteiger partial charge >= 0.3 is 0 Å². The van der Waals surface area contributed by atoms with Crippen molar-refractivity contribution in [3.05, 3.63) is 29.6 Å². The second kappa shape index (κ2) is 4.75. The molecule has 0 unspecified atom stereocenters. The molecule has 0 spiro atoms. The number of phenols is 1. The van der Waals surface area contributed by atoms with Crippen LogP contribution >= 0.6 is 0 Å². The van der Waals surface area contributed by atoms with Crippen molar-refractivity contribution in [3.8, 4) is 5.75 Å². The van der Waals surface area contributed by atoms with Crippen LogP contribution in [0.3, 0.4) is 0 Å². The maximum atomic E-state index is 13.2. The number of hydrogen-bond donors (Lipinski definition) is 3. The molecule has 0 fully saturated rings. The molecule has 4 nitrogen and oxygen atoms in total. The number of aliphatic hydroxyl groups excluding tert-OH is 1. The number of carbonyl (C=O) groups excluding carboxylic acids is 1. The molecule has 5 heteroatoms. The largest absolute Gasteiger partial charge is 0.508 e. The molecule has 3 N–H and O–H groups in total. The summed E-state index contributed by atoms with van der Waals surface area (Å²) in [7, 11) is 0. The average Bonchev–Trinajstić information content (AvgIpc) is 2.17. The lowest BCUT2D eigenvalue weighted by atomic mass is 10.2. The van der Waals surface area contributed by atoms with Crippen LogP contribution in [0.4, 0.5) is 4.39 Å². The van der Waals surface area contributed by atoms with Crippen molar-refractivity contribution in [2.24, 2.45) is 0 Å². The summed E-state index contributed by atoms with van der Waals surface area (Å²) in [6.45, 7) is 1.38. The molecule has 0 aliphatic carbocycles. The van der Waals surface area contributed by atoms with Crippen molar-refractivity contribution in [1.29, 1.82) is 0 Å². The summed E-state index contributed by atoms with van der Waals surface area (Å²) in [5.74, 6) is -1.65. The zero-order chi connectivity index (χ0) is 11.4. The molecule has 1 aromatic rings. The van der Waals surface area contributed by atoms with Crippen LogP contribution in [0.5, 0.6) is 5.75 Å². The first-order valence-corrected chi connectivity index (χ1v) is 4.45. The topological polar surface area (TPSA) is 69.6 Å². The van der Waals surface area contributed by atoms with Crippen molar-refractivity contribution in [1.82, 2.24) is 5.32 Å². The SMILES string of the molecule is C[C@H](CO)NC(=O)c1ccc(O)cc1F. The maximum absolute atomic E-state index is 13.2. The summed E-state index contributed by atoms with van der Waals surface area (Å²) in [5, 5.41) is 20.0. The molecule has 15 heavy (non-hydrogen) atoms. The second-order valence-electron chi connectivity index (χ2n) is 3.22. The average molecular weight is 213 g/mol. The lowest BCUT2D eigenvalue weighted by molar-refractivity contribution is 0.0918. The van der Waals surface area contributed by atoms with Crippen LogP contribution in [0.2, 0.25) is 0 Å². The van der Waals surface area contributed by atoms with E-state index in [1.54, 1.807) is 6.92 Å². The van der Waals surface area contributed by atoms with E-state index in [-0.39, 0.29) is 17.9 Å². The molecule has 0 radical (unpaired) electrons. The van der Waals surface area contributed by atoms with Crippen molar-refractivity contribution >= 4 is 5.91 Å².